The molecule has 0 saturated heterocycles. The molecule has 2 atom stereocenters. The zero-order valence-corrected chi connectivity index (χ0v) is 19.6. The van der Waals surface area contributed by atoms with E-state index in [-0.39, 0.29) is 24.4 Å². The van der Waals surface area contributed by atoms with Gasteiger partial charge in [-0.15, -0.1) is 5.10 Å². The van der Waals surface area contributed by atoms with Gasteiger partial charge in [-0.05, 0) is 48.4 Å². The second-order valence-corrected chi connectivity index (χ2v) is 8.50. The van der Waals surface area contributed by atoms with E-state index in [1.807, 2.05) is 0 Å². The average molecular weight is 533 g/mol. The van der Waals surface area contributed by atoms with Gasteiger partial charge < -0.3 is 15.5 Å². The molecule has 0 aliphatic rings. The lowest BCUT2D eigenvalue weighted by molar-refractivity contribution is -0.207. The van der Waals surface area contributed by atoms with Crippen LogP contribution in [0, 0.1) is 0 Å². The van der Waals surface area contributed by atoms with E-state index >= 15 is 0 Å². The molecular weight excluding hydrogens is 512 g/mol. The van der Waals surface area contributed by atoms with Crippen molar-refractivity contribution < 1.29 is 28.2 Å². The third-order valence-electron chi connectivity index (χ3n) is 5.06. The van der Waals surface area contributed by atoms with Crippen LogP contribution >= 0.6 is 23.2 Å². The van der Waals surface area contributed by atoms with Crippen molar-refractivity contribution in [3.05, 3.63) is 74.6 Å². The Bertz CT molecular complexity index is 1230. The molecule has 3 aromatic rings. The van der Waals surface area contributed by atoms with Crippen LogP contribution in [-0.4, -0.2) is 49.4 Å². The van der Waals surface area contributed by atoms with E-state index in [1.54, 1.807) is 24.3 Å². The number of aliphatic hydroxyl groups excluding tert-OH is 2. The van der Waals surface area contributed by atoms with E-state index in [1.165, 1.54) is 24.3 Å². The van der Waals surface area contributed by atoms with E-state index < -0.39 is 43.0 Å². The van der Waals surface area contributed by atoms with Gasteiger partial charge >= 0.3 is 11.9 Å². The summed E-state index contributed by atoms with van der Waals surface area (Å²) in [4.78, 5) is 25.6. The first-order chi connectivity index (χ1) is 16.5. The predicted molar refractivity (Wildman–Crippen MR) is 123 cm³/mol. The summed E-state index contributed by atoms with van der Waals surface area (Å²) in [6.07, 6.45) is -7.64. The minimum Gasteiger partial charge on any atom is -0.396 e. The smallest absolute Gasteiger partial charge is 0.396 e. The summed E-state index contributed by atoms with van der Waals surface area (Å²) in [5, 5.41) is 26.4. The highest BCUT2D eigenvalue weighted by molar-refractivity contribution is 6.30. The van der Waals surface area contributed by atoms with Gasteiger partial charge in [0, 0.05) is 22.2 Å². The van der Waals surface area contributed by atoms with Gasteiger partial charge in [-0.2, -0.15) is 13.2 Å². The molecule has 2 aromatic carbocycles. The highest BCUT2D eigenvalue weighted by Gasteiger charge is 2.39. The van der Waals surface area contributed by atoms with Crippen LogP contribution in [-0.2, 0) is 17.9 Å². The lowest BCUT2D eigenvalue weighted by Crippen LogP contribution is -2.39. The van der Waals surface area contributed by atoms with E-state index in [2.05, 4.69) is 10.4 Å². The van der Waals surface area contributed by atoms with Crippen LogP contribution in [0.15, 0.2) is 53.3 Å². The maximum atomic E-state index is 13.0. The number of halogens is 5. The van der Waals surface area contributed by atoms with E-state index in [4.69, 9.17) is 23.2 Å². The van der Waals surface area contributed by atoms with Crippen molar-refractivity contribution in [2.24, 2.45) is 0 Å². The van der Waals surface area contributed by atoms with E-state index in [0.717, 1.165) is 0 Å². The second-order valence-electron chi connectivity index (χ2n) is 7.63. The first-order valence-corrected chi connectivity index (χ1v) is 11.1. The summed E-state index contributed by atoms with van der Waals surface area (Å²) in [5.74, 6) is -0.848. The van der Waals surface area contributed by atoms with Crippen LogP contribution in [0.3, 0.4) is 0 Å². The monoisotopic (exact) mass is 532 g/mol. The number of hydrogen-bond acceptors (Lipinski definition) is 5. The maximum Gasteiger partial charge on any atom is 0.416 e. The van der Waals surface area contributed by atoms with Gasteiger partial charge in [0.15, 0.2) is 11.9 Å². The number of carbonyl (C=O) groups is 1. The third kappa shape index (κ3) is 6.85. The summed E-state index contributed by atoms with van der Waals surface area (Å²) in [6.45, 7) is -1.98. The molecule has 13 heteroatoms. The number of aliphatic hydroxyl groups is 2. The van der Waals surface area contributed by atoms with Gasteiger partial charge in [0.1, 0.15) is 6.54 Å². The molecule has 1 unspecified atom stereocenters. The Labute approximate surface area is 207 Å². The first kappa shape index (κ1) is 26.7. The molecule has 3 rings (SSSR count). The minimum absolute atomic E-state index is 0.156. The van der Waals surface area contributed by atoms with Gasteiger partial charge in [0.05, 0.1) is 12.6 Å². The second kappa shape index (κ2) is 11.3. The van der Waals surface area contributed by atoms with Crippen molar-refractivity contribution in [1.82, 2.24) is 19.7 Å². The third-order valence-corrected chi connectivity index (χ3v) is 5.54. The van der Waals surface area contributed by atoms with Crippen molar-refractivity contribution >= 4 is 29.1 Å². The Kier molecular flexibility index (Phi) is 8.60. The lowest BCUT2D eigenvalue weighted by Gasteiger charge is -2.18. The molecule has 8 nitrogen and oxygen atoms in total. The van der Waals surface area contributed by atoms with Gasteiger partial charge in [-0.1, -0.05) is 35.3 Å². The zero-order valence-electron chi connectivity index (χ0n) is 18.0. The normalized spacial score (nSPS) is 13.5. The summed E-state index contributed by atoms with van der Waals surface area (Å²) < 4.78 is 40.3. The SMILES string of the molecule is O=C(Cn1nc(-c2ccc(Cl)cc2)n(C[C@H](O)C(F)(F)F)c1=O)NC(CCO)c1cccc(Cl)c1. The molecule has 0 fully saturated rings. The van der Waals surface area contributed by atoms with E-state index in [0.29, 0.717) is 24.9 Å². The number of nitrogens with zero attached hydrogens (tertiary/aromatic N) is 3. The predicted octanol–water partition coefficient (Wildman–Crippen LogP) is 3.18. The molecule has 0 saturated carbocycles. The van der Waals surface area contributed by atoms with E-state index in [9.17, 15) is 33.0 Å². The maximum absolute atomic E-state index is 13.0. The number of nitrogens with one attached hydrogen (secondary N) is 1. The standard InChI is InChI=1S/C22H21Cl2F3N4O4/c23-15-6-4-13(5-7-15)20-29-31(21(35)30(20)11-18(33)22(25,26)27)12-19(34)28-17(8-9-32)14-2-1-3-16(24)10-14/h1-7,10,17-18,32-33H,8-9,11-12H2,(H,28,34)/t17?,18-/m0/s1. The molecule has 3 N–H and O–H groups in total. The van der Waals surface area contributed by atoms with Gasteiger partial charge in [0.25, 0.3) is 0 Å². The van der Waals surface area contributed by atoms with Crippen molar-refractivity contribution in [3.63, 3.8) is 0 Å². The first-order valence-electron chi connectivity index (χ1n) is 10.3. The van der Waals surface area contributed by atoms with Crippen molar-refractivity contribution in [2.75, 3.05) is 6.61 Å². The van der Waals surface area contributed by atoms with Crippen molar-refractivity contribution in [3.8, 4) is 11.4 Å². The molecule has 188 valence electrons. The molecule has 1 heterocycles. The Hall–Kier alpha value is -2.86. The summed E-state index contributed by atoms with van der Waals surface area (Å²) >= 11 is 11.9. The molecule has 0 aliphatic heterocycles. The average Bonchev–Trinajstić information content (AvgIpc) is 3.08. The molecule has 0 bridgehead atoms. The van der Waals surface area contributed by atoms with Crippen LogP contribution < -0.4 is 11.0 Å². The van der Waals surface area contributed by atoms with Gasteiger partial charge in [-0.3, -0.25) is 9.36 Å². The van der Waals surface area contributed by atoms with Crippen LogP contribution in [0.25, 0.3) is 11.4 Å². The highest BCUT2D eigenvalue weighted by Crippen LogP contribution is 2.24. The largest absolute Gasteiger partial charge is 0.416 e. The minimum atomic E-state index is -4.97. The summed E-state index contributed by atoms with van der Waals surface area (Å²) in [7, 11) is 0. The highest BCUT2D eigenvalue weighted by atomic mass is 35.5. The topological polar surface area (TPSA) is 109 Å². The van der Waals surface area contributed by atoms with Gasteiger partial charge in [0.2, 0.25) is 5.91 Å². The Balaban J connectivity index is 1.90. The molecule has 1 amide bonds. The van der Waals surface area contributed by atoms with Crippen molar-refractivity contribution in [2.45, 2.75) is 37.8 Å². The fourth-order valence-corrected chi connectivity index (χ4v) is 3.67. The Morgan fingerprint density at radius 2 is 1.80 bits per heavy atom. The number of aromatic nitrogens is 3. The number of amides is 1. The fourth-order valence-electron chi connectivity index (χ4n) is 3.35. The van der Waals surface area contributed by atoms with Crippen LogP contribution in [0.2, 0.25) is 10.0 Å². The summed E-state index contributed by atoms with van der Waals surface area (Å²) in [6, 6.07) is 11.8. The zero-order chi connectivity index (χ0) is 25.8. The number of carbonyl (C=O) groups excluding carboxylic acids is 1. The van der Waals surface area contributed by atoms with Crippen molar-refractivity contribution in [1.29, 1.82) is 0 Å². The molecule has 0 radical (unpaired) electrons. The number of alkyl halides is 3. The Morgan fingerprint density at radius 1 is 1.11 bits per heavy atom. The molecule has 1 aromatic heterocycles. The lowest BCUT2D eigenvalue weighted by atomic mass is 10.0. The number of benzene rings is 2. The van der Waals surface area contributed by atoms with Gasteiger partial charge in [-0.25, -0.2) is 9.48 Å². The Morgan fingerprint density at radius 3 is 2.40 bits per heavy atom. The molecular formula is C22H21Cl2F3N4O4. The molecule has 0 aliphatic carbocycles. The molecule has 35 heavy (non-hydrogen) atoms. The molecule has 0 spiro atoms. The number of rotatable bonds is 9. The fraction of sp³-hybridized carbons (Fsp3) is 0.318. The quantitative estimate of drug-likeness (QED) is 0.392. The summed E-state index contributed by atoms with van der Waals surface area (Å²) in [5.41, 5.74) is -0.139. The van der Waals surface area contributed by atoms with Crippen LogP contribution in [0.4, 0.5) is 13.2 Å². The number of hydrogen-bond donors (Lipinski definition) is 3. The van der Waals surface area contributed by atoms with Crippen LogP contribution in [0.5, 0.6) is 0 Å². The van der Waals surface area contributed by atoms with Crippen LogP contribution in [0.1, 0.15) is 18.0 Å².